The highest BCUT2D eigenvalue weighted by molar-refractivity contribution is 5.48. The molecule has 0 aromatic heterocycles. The number of hydrogen-bond donors (Lipinski definition) is 0. The van der Waals surface area contributed by atoms with E-state index in [9.17, 15) is 0 Å². The molecular formula is C32H36N2O2. The van der Waals surface area contributed by atoms with Gasteiger partial charge < -0.3 is 19.3 Å². The molecular weight excluding hydrogens is 444 g/mol. The smallest absolute Gasteiger partial charge is 0.119 e. The first-order valence-corrected chi connectivity index (χ1v) is 12.4. The van der Waals surface area contributed by atoms with E-state index in [1.54, 1.807) is 0 Å². The molecule has 0 amide bonds. The molecule has 0 aliphatic carbocycles. The van der Waals surface area contributed by atoms with E-state index in [4.69, 9.17) is 9.47 Å². The zero-order valence-electron chi connectivity index (χ0n) is 21.9. The summed E-state index contributed by atoms with van der Waals surface area (Å²) in [6.45, 7) is 3.48. The summed E-state index contributed by atoms with van der Waals surface area (Å²) in [4.78, 5) is 4.31. The lowest BCUT2D eigenvalue weighted by Crippen LogP contribution is -2.15. The second kappa shape index (κ2) is 14.6. The molecule has 0 aliphatic heterocycles. The SMILES string of the molecule is CN(C)CCCOc1ccc(C#Cc2ccc(C#Cc3ccc(OCCCN(C)C)cc3)cc2)cc1. The zero-order chi connectivity index (χ0) is 25.6. The van der Waals surface area contributed by atoms with Crippen molar-refractivity contribution >= 4 is 0 Å². The van der Waals surface area contributed by atoms with Crippen LogP contribution in [0.5, 0.6) is 11.5 Å². The molecule has 3 aromatic carbocycles. The van der Waals surface area contributed by atoms with Gasteiger partial charge >= 0.3 is 0 Å². The number of rotatable bonds is 10. The molecule has 4 heteroatoms. The molecule has 4 nitrogen and oxygen atoms in total. The average molecular weight is 481 g/mol. The van der Waals surface area contributed by atoms with Crippen LogP contribution in [-0.2, 0) is 0 Å². The lowest BCUT2D eigenvalue weighted by molar-refractivity contribution is 0.281. The predicted octanol–water partition coefficient (Wildman–Crippen LogP) is 5.15. The quantitative estimate of drug-likeness (QED) is 0.296. The zero-order valence-corrected chi connectivity index (χ0v) is 21.9. The van der Waals surface area contributed by atoms with Crippen molar-refractivity contribution in [3.63, 3.8) is 0 Å². The van der Waals surface area contributed by atoms with Crippen LogP contribution >= 0.6 is 0 Å². The topological polar surface area (TPSA) is 24.9 Å². The van der Waals surface area contributed by atoms with Crippen LogP contribution < -0.4 is 9.47 Å². The van der Waals surface area contributed by atoms with Crippen LogP contribution in [0.25, 0.3) is 0 Å². The summed E-state index contributed by atoms with van der Waals surface area (Å²) in [5.41, 5.74) is 3.84. The second-order valence-electron chi connectivity index (χ2n) is 9.14. The average Bonchev–Trinajstić information content (AvgIpc) is 2.88. The van der Waals surface area contributed by atoms with Gasteiger partial charge in [0.05, 0.1) is 13.2 Å². The fraction of sp³-hybridized carbons (Fsp3) is 0.312. The Bertz CT molecular complexity index is 1080. The third kappa shape index (κ3) is 10.3. The van der Waals surface area contributed by atoms with E-state index in [0.717, 1.165) is 72.9 Å². The molecule has 0 unspecified atom stereocenters. The lowest BCUT2D eigenvalue weighted by Gasteiger charge is -2.10. The Balaban J connectivity index is 1.48. The Labute approximate surface area is 216 Å². The monoisotopic (exact) mass is 480 g/mol. The third-order valence-electron chi connectivity index (χ3n) is 5.33. The van der Waals surface area contributed by atoms with Crippen molar-refractivity contribution in [2.45, 2.75) is 12.8 Å². The Kier molecular flexibility index (Phi) is 10.9. The van der Waals surface area contributed by atoms with E-state index in [-0.39, 0.29) is 0 Å². The minimum atomic E-state index is 0.718. The van der Waals surface area contributed by atoms with Crippen LogP contribution in [0, 0.1) is 23.7 Å². The van der Waals surface area contributed by atoms with E-state index in [1.165, 1.54) is 0 Å². The van der Waals surface area contributed by atoms with Gasteiger partial charge in [-0.1, -0.05) is 23.7 Å². The molecule has 0 fully saturated rings. The molecule has 0 saturated heterocycles. The number of ether oxygens (including phenoxy) is 2. The van der Waals surface area contributed by atoms with Crippen molar-refractivity contribution in [3.8, 4) is 35.2 Å². The highest BCUT2D eigenvalue weighted by atomic mass is 16.5. The first-order chi connectivity index (χ1) is 17.5. The van der Waals surface area contributed by atoms with Gasteiger partial charge in [0.15, 0.2) is 0 Å². The maximum Gasteiger partial charge on any atom is 0.119 e. The van der Waals surface area contributed by atoms with Crippen molar-refractivity contribution < 1.29 is 9.47 Å². The minimum Gasteiger partial charge on any atom is -0.494 e. The van der Waals surface area contributed by atoms with Gasteiger partial charge in [0.1, 0.15) is 11.5 Å². The summed E-state index contributed by atoms with van der Waals surface area (Å²) < 4.78 is 11.6. The van der Waals surface area contributed by atoms with E-state index in [0.29, 0.717) is 0 Å². The molecule has 186 valence electrons. The summed E-state index contributed by atoms with van der Waals surface area (Å²) in [5, 5.41) is 0. The summed E-state index contributed by atoms with van der Waals surface area (Å²) in [5.74, 6) is 14.6. The van der Waals surface area contributed by atoms with Gasteiger partial charge in [0.2, 0.25) is 0 Å². The van der Waals surface area contributed by atoms with Gasteiger partial charge in [-0.2, -0.15) is 0 Å². The molecule has 0 saturated carbocycles. The van der Waals surface area contributed by atoms with E-state index in [1.807, 2.05) is 72.8 Å². The maximum absolute atomic E-state index is 5.78. The molecule has 0 N–H and O–H groups in total. The third-order valence-corrected chi connectivity index (χ3v) is 5.33. The van der Waals surface area contributed by atoms with Gasteiger partial charge in [0, 0.05) is 35.3 Å². The number of nitrogens with zero attached hydrogens (tertiary/aromatic N) is 2. The van der Waals surface area contributed by atoms with Crippen LogP contribution in [0.4, 0.5) is 0 Å². The lowest BCUT2D eigenvalue weighted by atomic mass is 10.1. The Hall–Kier alpha value is -3.70. The highest BCUT2D eigenvalue weighted by Gasteiger charge is 1.97. The molecule has 0 bridgehead atoms. The van der Waals surface area contributed by atoms with E-state index < -0.39 is 0 Å². The van der Waals surface area contributed by atoms with Gasteiger partial charge in [0.25, 0.3) is 0 Å². The molecule has 0 aliphatic rings. The van der Waals surface area contributed by atoms with Crippen LogP contribution in [-0.4, -0.2) is 64.3 Å². The van der Waals surface area contributed by atoms with Gasteiger partial charge in [-0.3, -0.25) is 0 Å². The summed E-state index contributed by atoms with van der Waals surface area (Å²) in [6.07, 6.45) is 2.02. The van der Waals surface area contributed by atoms with E-state index in [2.05, 4.69) is 61.7 Å². The first-order valence-electron chi connectivity index (χ1n) is 12.4. The predicted molar refractivity (Wildman–Crippen MR) is 149 cm³/mol. The Morgan fingerprint density at radius 2 is 0.750 bits per heavy atom. The summed E-state index contributed by atoms with van der Waals surface area (Å²) in [7, 11) is 8.28. The second-order valence-corrected chi connectivity index (χ2v) is 9.14. The van der Waals surface area contributed by atoms with Crippen molar-refractivity contribution in [1.29, 1.82) is 0 Å². The van der Waals surface area contributed by atoms with Gasteiger partial charge in [-0.25, -0.2) is 0 Å². The van der Waals surface area contributed by atoms with Crippen LogP contribution in [0.15, 0.2) is 72.8 Å². The maximum atomic E-state index is 5.78. The van der Waals surface area contributed by atoms with E-state index >= 15 is 0 Å². The largest absolute Gasteiger partial charge is 0.494 e. The number of benzene rings is 3. The minimum absolute atomic E-state index is 0.718. The standard InChI is InChI=1S/C32H36N2O2/c1-33(2)23-5-25-35-31-19-15-29(16-20-31)13-11-27-7-9-28(10-8-27)12-14-30-17-21-32(22-18-30)36-26-6-24-34(3)4/h7-10,15-22H,5-6,23-26H2,1-4H3. The molecule has 0 spiro atoms. The molecule has 0 heterocycles. The Morgan fingerprint density at radius 3 is 1.03 bits per heavy atom. The summed E-state index contributed by atoms with van der Waals surface area (Å²) >= 11 is 0. The van der Waals surface area contributed by atoms with Crippen LogP contribution in [0.2, 0.25) is 0 Å². The van der Waals surface area contributed by atoms with Crippen molar-refractivity contribution in [3.05, 3.63) is 95.1 Å². The van der Waals surface area contributed by atoms with Crippen LogP contribution in [0.3, 0.4) is 0 Å². The summed E-state index contributed by atoms with van der Waals surface area (Å²) in [6, 6.07) is 23.9. The van der Waals surface area contributed by atoms with Crippen LogP contribution in [0.1, 0.15) is 35.1 Å². The fourth-order valence-electron chi connectivity index (χ4n) is 3.34. The van der Waals surface area contributed by atoms with Gasteiger partial charge in [-0.15, -0.1) is 0 Å². The highest BCUT2D eigenvalue weighted by Crippen LogP contribution is 2.13. The molecule has 3 aromatic rings. The number of hydrogen-bond acceptors (Lipinski definition) is 4. The molecule has 3 rings (SSSR count). The van der Waals surface area contributed by atoms with Crippen molar-refractivity contribution in [2.24, 2.45) is 0 Å². The fourth-order valence-corrected chi connectivity index (χ4v) is 3.34. The van der Waals surface area contributed by atoms with Gasteiger partial charge in [-0.05, 0) is 114 Å². The first kappa shape index (κ1) is 26.9. The molecule has 0 radical (unpaired) electrons. The Morgan fingerprint density at radius 1 is 0.472 bits per heavy atom. The van der Waals surface area contributed by atoms with Crippen molar-refractivity contribution in [2.75, 3.05) is 54.5 Å². The molecule has 0 atom stereocenters. The molecule has 36 heavy (non-hydrogen) atoms. The van der Waals surface area contributed by atoms with Crippen molar-refractivity contribution in [1.82, 2.24) is 9.80 Å². The normalized spacial score (nSPS) is 10.4.